The molecule has 0 bridgehead atoms. The van der Waals surface area contributed by atoms with E-state index in [0.29, 0.717) is 30.8 Å². The molecule has 1 aromatic rings. The van der Waals surface area contributed by atoms with Crippen molar-refractivity contribution >= 4 is 23.6 Å². The van der Waals surface area contributed by atoms with Gasteiger partial charge in [0.05, 0.1) is 5.57 Å². The van der Waals surface area contributed by atoms with E-state index < -0.39 is 0 Å². The molecule has 1 aromatic carbocycles. The number of rotatable bonds is 5. The number of aliphatic hydroxyl groups is 1. The first-order chi connectivity index (χ1) is 9.72. The lowest BCUT2D eigenvalue weighted by Crippen LogP contribution is -2.19. The molecule has 1 aliphatic carbocycles. The molecule has 0 aromatic heterocycles. The maximum absolute atomic E-state index is 12.1. The number of Topliss-reactive ketones (excluding diaryl/α,β-unsaturated/α-hetero) is 1. The molecule has 1 N–H and O–H groups in total. The summed E-state index contributed by atoms with van der Waals surface area (Å²) in [5.74, 6) is 0.706. The van der Waals surface area contributed by atoms with Gasteiger partial charge >= 0.3 is 0 Å². The van der Waals surface area contributed by atoms with Gasteiger partial charge in [-0.3, -0.25) is 9.79 Å². The molecule has 106 valence electrons. The molecule has 20 heavy (non-hydrogen) atoms. The highest BCUT2D eigenvalue weighted by Gasteiger charge is 2.27. The quantitative estimate of drug-likeness (QED) is 0.511. The fourth-order valence-electron chi connectivity index (χ4n) is 2.32. The van der Waals surface area contributed by atoms with E-state index in [9.17, 15) is 9.90 Å². The number of nitrogens with zero attached hydrogens (tertiary/aromatic N) is 1. The summed E-state index contributed by atoms with van der Waals surface area (Å²) in [5.41, 5.74) is 1.44. The molecular weight excluding hydrogens is 274 g/mol. The van der Waals surface area contributed by atoms with Gasteiger partial charge < -0.3 is 5.11 Å². The summed E-state index contributed by atoms with van der Waals surface area (Å²) >= 11 is 5.57. The van der Waals surface area contributed by atoms with Crippen molar-refractivity contribution in [3.63, 3.8) is 0 Å². The molecule has 0 fully saturated rings. The fourth-order valence-corrected chi connectivity index (χ4v) is 2.44. The Morgan fingerprint density at radius 2 is 2.05 bits per heavy atom. The first-order valence-corrected chi connectivity index (χ1v) is 7.32. The SMILES string of the molecule is O=C1CC(c2ccccc2)CC(O)=C1C=NCCCCl. The van der Waals surface area contributed by atoms with Crippen LogP contribution in [0.15, 0.2) is 46.7 Å². The Kier molecular flexibility index (Phi) is 5.36. The fraction of sp³-hybridized carbons (Fsp3) is 0.375. The number of allylic oxidation sites excluding steroid dienone is 2. The number of halogens is 1. The summed E-state index contributed by atoms with van der Waals surface area (Å²) in [7, 11) is 0. The standard InChI is InChI=1S/C16H18ClNO2/c17-7-4-8-18-11-14-15(19)9-13(10-16(14)20)12-5-2-1-3-6-12/h1-3,5-6,11,13,19H,4,7-10H2. The van der Waals surface area contributed by atoms with Crippen LogP contribution < -0.4 is 0 Å². The highest BCUT2D eigenvalue weighted by atomic mass is 35.5. The van der Waals surface area contributed by atoms with Crippen LogP contribution in [-0.2, 0) is 4.79 Å². The summed E-state index contributed by atoms with van der Waals surface area (Å²) in [6, 6.07) is 9.82. The molecule has 1 atom stereocenters. The van der Waals surface area contributed by atoms with Crippen LogP contribution >= 0.6 is 11.6 Å². The summed E-state index contributed by atoms with van der Waals surface area (Å²) in [6.07, 6.45) is 3.18. The number of aliphatic imine (C=N–C) groups is 1. The lowest BCUT2D eigenvalue weighted by molar-refractivity contribution is -0.116. The average molecular weight is 292 g/mol. The van der Waals surface area contributed by atoms with Gasteiger partial charge in [0.1, 0.15) is 5.76 Å². The van der Waals surface area contributed by atoms with Gasteiger partial charge in [0.15, 0.2) is 5.78 Å². The second-order valence-corrected chi connectivity index (χ2v) is 5.26. The van der Waals surface area contributed by atoms with Gasteiger partial charge in [0.25, 0.3) is 0 Å². The highest BCUT2D eigenvalue weighted by molar-refractivity contribution is 6.17. The van der Waals surface area contributed by atoms with E-state index >= 15 is 0 Å². The van der Waals surface area contributed by atoms with E-state index in [1.54, 1.807) is 0 Å². The molecule has 2 rings (SSSR count). The van der Waals surface area contributed by atoms with Crippen LogP contribution in [0.3, 0.4) is 0 Å². The van der Waals surface area contributed by atoms with Crippen LogP contribution in [0.1, 0.15) is 30.7 Å². The van der Waals surface area contributed by atoms with Crippen molar-refractivity contribution in [3.05, 3.63) is 47.2 Å². The Morgan fingerprint density at radius 3 is 2.70 bits per heavy atom. The average Bonchev–Trinajstić information content (AvgIpc) is 2.46. The van der Waals surface area contributed by atoms with Crippen molar-refractivity contribution < 1.29 is 9.90 Å². The predicted octanol–water partition coefficient (Wildman–Crippen LogP) is 3.64. The van der Waals surface area contributed by atoms with Crippen LogP contribution in [0.5, 0.6) is 0 Å². The molecule has 0 radical (unpaired) electrons. The lowest BCUT2D eigenvalue weighted by Gasteiger charge is -2.22. The second kappa shape index (κ2) is 7.25. The molecular formula is C16H18ClNO2. The first-order valence-electron chi connectivity index (χ1n) is 6.78. The number of hydrogen-bond acceptors (Lipinski definition) is 3. The highest BCUT2D eigenvalue weighted by Crippen LogP contribution is 2.32. The summed E-state index contributed by atoms with van der Waals surface area (Å²) in [5, 5.41) is 10.1. The Bertz CT molecular complexity index is 523. The Labute approximate surface area is 124 Å². The molecule has 0 heterocycles. The third kappa shape index (κ3) is 3.70. The molecule has 3 nitrogen and oxygen atoms in total. The molecule has 4 heteroatoms. The van der Waals surface area contributed by atoms with Crippen LogP contribution in [-0.4, -0.2) is 29.5 Å². The summed E-state index contributed by atoms with van der Waals surface area (Å²) < 4.78 is 0. The zero-order valence-corrected chi connectivity index (χ0v) is 12.0. The van der Waals surface area contributed by atoms with Gasteiger partial charge in [0, 0.05) is 31.5 Å². The Balaban J connectivity index is 2.09. The molecule has 0 aliphatic heterocycles. The van der Waals surface area contributed by atoms with Gasteiger partial charge in [-0.05, 0) is 17.9 Å². The van der Waals surface area contributed by atoms with Crippen molar-refractivity contribution in [2.75, 3.05) is 12.4 Å². The minimum Gasteiger partial charge on any atom is -0.511 e. The van der Waals surface area contributed by atoms with E-state index in [-0.39, 0.29) is 17.5 Å². The molecule has 0 saturated carbocycles. The van der Waals surface area contributed by atoms with Crippen LogP contribution in [0.2, 0.25) is 0 Å². The normalized spacial score (nSPS) is 19.9. The zero-order valence-electron chi connectivity index (χ0n) is 11.3. The van der Waals surface area contributed by atoms with Crippen molar-refractivity contribution in [2.45, 2.75) is 25.2 Å². The summed E-state index contributed by atoms with van der Waals surface area (Å²) in [6.45, 7) is 0.579. The third-order valence-electron chi connectivity index (χ3n) is 3.40. The minimum absolute atomic E-state index is 0.0442. The smallest absolute Gasteiger partial charge is 0.168 e. The van der Waals surface area contributed by atoms with E-state index in [0.717, 1.165) is 12.0 Å². The minimum atomic E-state index is -0.0442. The molecule has 1 aliphatic rings. The molecule has 1 unspecified atom stereocenters. The van der Waals surface area contributed by atoms with Gasteiger partial charge in [-0.1, -0.05) is 30.3 Å². The number of alkyl halides is 1. The van der Waals surface area contributed by atoms with E-state index in [2.05, 4.69) is 4.99 Å². The van der Waals surface area contributed by atoms with Crippen LogP contribution in [0.4, 0.5) is 0 Å². The monoisotopic (exact) mass is 291 g/mol. The van der Waals surface area contributed by atoms with Crippen molar-refractivity contribution in [2.24, 2.45) is 4.99 Å². The number of aliphatic hydroxyl groups excluding tert-OH is 1. The number of hydrogen-bond donors (Lipinski definition) is 1. The zero-order chi connectivity index (χ0) is 14.4. The summed E-state index contributed by atoms with van der Waals surface area (Å²) in [4.78, 5) is 16.3. The number of carbonyl (C=O) groups excluding carboxylic acids is 1. The largest absolute Gasteiger partial charge is 0.511 e. The topological polar surface area (TPSA) is 49.7 Å². The van der Waals surface area contributed by atoms with E-state index in [4.69, 9.17) is 11.6 Å². The van der Waals surface area contributed by atoms with Crippen LogP contribution in [0, 0.1) is 0 Å². The maximum atomic E-state index is 12.1. The van der Waals surface area contributed by atoms with Crippen LogP contribution in [0.25, 0.3) is 0 Å². The van der Waals surface area contributed by atoms with Crippen molar-refractivity contribution in [1.29, 1.82) is 0 Å². The van der Waals surface area contributed by atoms with Crippen molar-refractivity contribution in [1.82, 2.24) is 0 Å². The number of benzene rings is 1. The predicted molar refractivity (Wildman–Crippen MR) is 81.8 cm³/mol. The number of carbonyl (C=O) groups is 1. The van der Waals surface area contributed by atoms with E-state index in [1.807, 2.05) is 30.3 Å². The molecule has 0 saturated heterocycles. The molecule has 0 amide bonds. The third-order valence-corrected chi connectivity index (χ3v) is 3.66. The first kappa shape index (κ1) is 14.8. The second-order valence-electron chi connectivity index (χ2n) is 4.88. The van der Waals surface area contributed by atoms with Gasteiger partial charge in [0.2, 0.25) is 0 Å². The van der Waals surface area contributed by atoms with Crippen molar-refractivity contribution in [3.8, 4) is 0 Å². The molecule has 0 spiro atoms. The maximum Gasteiger partial charge on any atom is 0.168 e. The Hall–Kier alpha value is -1.61. The van der Waals surface area contributed by atoms with E-state index in [1.165, 1.54) is 6.21 Å². The Morgan fingerprint density at radius 1 is 1.30 bits per heavy atom. The number of ketones is 1. The van der Waals surface area contributed by atoms with Gasteiger partial charge in [-0.15, -0.1) is 11.6 Å². The van der Waals surface area contributed by atoms with Gasteiger partial charge in [-0.2, -0.15) is 0 Å². The van der Waals surface area contributed by atoms with Gasteiger partial charge in [-0.25, -0.2) is 0 Å². The lowest BCUT2D eigenvalue weighted by atomic mass is 9.83.